The van der Waals surface area contributed by atoms with Crippen molar-refractivity contribution in [2.75, 3.05) is 0 Å². The summed E-state index contributed by atoms with van der Waals surface area (Å²) in [6.45, 7) is 0. The molecule has 2 N–H and O–H groups in total. The van der Waals surface area contributed by atoms with Crippen LogP contribution in [-0.2, 0) is 9.59 Å². The smallest absolute Gasteiger partial charge is 0.328 e. The van der Waals surface area contributed by atoms with Gasteiger partial charge in [0, 0.05) is 12.2 Å². The highest BCUT2D eigenvalue weighted by molar-refractivity contribution is 6.21. The Morgan fingerprint density at radius 3 is 2.05 bits per heavy atom. The number of benzene rings is 1. The summed E-state index contributed by atoms with van der Waals surface area (Å²) in [7, 11) is 0. The average molecular weight is 260 g/mol. The van der Waals surface area contributed by atoms with Gasteiger partial charge < -0.3 is 5.11 Å². The molecule has 1 aliphatic heterocycles. The van der Waals surface area contributed by atoms with Crippen LogP contribution in [0.2, 0.25) is 0 Å². The van der Waals surface area contributed by atoms with E-state index in [0.29, 0.717) is 17.2 Å². The molecule has 0 saturated heterocycles. The highest BCUT2D eigenvalue weighted by Crippen LogP contribution is 2.20. The van der Waals surface area contributed by atoms with Crippen LogP contribution >= 0.6 is 0 Å². The second kappa shape index (κ2) is 4.73. The SMILES string of the molecule is O=C(O)/C=C/C(=O)NN1C(=O)c2ccccc2C1=O. The highest BCUT2D eigenvalue weighted by Gasteiger charge is 2.36. The molecule has 7 heteroatoms. The number of nitrogens with zero attached hydrogens (tertiary/aromatic N) is 1. The van der Waals surface area contributed by atoms with Crippen molar-refractivity contribution in [2.45, 2.75) is 0 Å². The number of rotatable bonds is 3. The number of carbonyl (C=O) groups is 4. The average Bonchev–Trinajstić information content (AvgIpc) is 2.62. The minimum atomic E-state index is -1.31. The third kappa shape index (κ3) is 2.34. The Morgan fingerprint density at radius 2 is 1.58 bits per heavy atom. The first kappa shape index (κ1) is 12.5. The molecular formula is C12H8N2O5. The number of fused-ring (bicyclic) bond motifs is 1. The van der Waals surface area contributed by atoms with Crippen molar-refractivity contribution in [1.29, 1.82) is 0 Å². The molecule has 0 bridgehead atoms. The third-order valence-electron chi connectivity index (χ3n) is 2.39. The number of amides is 3. The maximum absolute atomic E-state index is 11.8. The minimum absolute atomic E-state index is 0.190. The predicted octanol–water partition coefficient (Wildman–Crippen LogP) is -0.0454. The molecular weight excluding hydrogens is 252 g/mol. The quantitative estimate of drug-likeness (QED) is 0.586. The van der Waals surface area contributed by atoms with Gasteiger partial charge in [0.1, 0.15) is 0 Å². The molecule has 19 heavy (non-hydrogen) atoms. The van der Waals surface area contributed by atoms with Crippen LogP contribution in [0.15, 0.2) is 36.4 Å². The molecule has 0 aliphatic carbocycles. The zero-order chi connectivity index (χ0) is 14.0. The van der Waals surface area contributed by atoms with Gasteiger partial charge in [0.05, 0.1) is 11.1 Å². The lowest BCUT2D eigenvalue weighted by atomic mass is 10.1. The lowest BCUT2D eigenvalue weighted by Crippen LogP contribution is -2.45. The maximum Gasteiger partial charge on any atom is 0.328 e. The fraction of sp³-hybridized carbons (Fsp3) is 0. The van der Waals surface area contributed by atoms with Crippen LogP contribution < -0.4 is 5.43 Å². The maximum atomic E-state index is 11.8. The lowest BCUT2D eigenvalue weighted by Gasteiger charge is -2.13. The van der Waals surface area contributed by atoms with Crippen LogP contribution in [0.25, 0.3) is 0 Å². The molecule has 1 aliphatic rings. The van der Waals surface area contributed by atoms with Crippen molar-refractivity contribution in [1.82, 2.24) is 10.4 Å². The number of nitrogens with one attached hydrogen (secondary N) is 1. The highest BCUT2D eigenvalue weighted by atomic mass is 16.4. The lowest BCUT2D eigenvalue weighted by molar-refractivity contribution is -0.131. The molecule has 1 aromatic rings. The van der Waals surface area contributed by atoms with Gasteiger partial charge in [0.2, 0.25) is 0 Å². The molecule has 0 unspecified atom stereocenters. The number of hydrazine groups is 1. The number of carbonyl (C=O) groups excluding carboxylic acids is 3. The molecule has 0 aromatic heterocycles. The summed E-state index contributed by atoms with van der Waals surface area (Å²) in [5.74, 6) is -3.50. The van der Waals surface area contributed by atoms with E-state index >= 15 is 0 Å². The van der Waals surface area contributed by atoms with Gasteiger partial charge in [0.15, 0.2) is 0 Å². The predicted molar refractivity (Wildman–Crippen MR) is 61.9 cm³/mol. The topological polar surface area (TPSA) is 104 Å². The van der Waals surface area contributed by atoms with E-state index in [4.69, 9.17) is 5.11 Å². The molecule has 96 valence electrons. The Labute approximate surface area is 107 Å². The molecule has 0 radical (unpaired) electrons. The van der Waals surface area contributed by atoms with Gasteiger partial charge in [-0.15, -0.1) is 0 Å². The molecule has 0 spiro atoms. The first-order valence-corrected chi connectivity index (χ1v) is 5.20. The van der Waals surface area contributed by atoms with Crippen LogP contribution in [-0.4, -0.2) is 33.8 Å². The Kier molecular flexibility index (Phi) is 3.11. The van der Waals surface area contributed by atoms with Gasteiger partial charge in [-0.3, -0.25) is 19.8 Å². The third-order valence-corrected chi connectivity index (χ3v) is 2.39. The van der Waals surface area contributed by atoms with Gasteiger partial charge in [-0.05, 0) is 12.1 Å². The Morgan fingerprint density at radius 1 is 1.05 bits per heavy atom. The summed E-state index contributed by atoms with van der Waals surface area (Å²) in [4.78, 5) is 45.2. The molecule has 2 rings (SSSR count). The second-order valence-electron chi connectivity index (χ2n) is 3.64. The molecule has 0 saturated carbocycles. The monoisotopic (exact) mass is 260 g/mol. The van der Waals surface area contributed by atoms with E-state index in [2.05, 4.69) is 0 Å². The van der Waals surface area contributed by atoms with Crippen LogP contribution in [0, 0.1) is 0 Å². The Balaban J connectivity index is 2.17. The summed E-state index contributed by atoms with van der Waals surface area (Å²) in [5, 5.41) is 8.91. The number of hydrogen-bond donors (Lipinski definition) is 2. The Hall–Kier alpha value is -2.96. The molecule has 1 aromatic carbocycles. The molecule has 7 nitrogen and oxygen atoms in total. The Bertz CT molecular complexity index is 585. The van der Waals surface area contributed by atoms with Crippen molar-refractivity contribution < 1.29 is 24.3 Å². The van der Waals surface area contributed by atoms with Crippen molar-refractivity contribution in [3.63, 3.8) is 0 Å². The number of imide groups is 1. The standard InChI is InChI=1S/C12H8N2O5/c15-9(5-6-10(16)17)13-14-11(18)7-3-1-2-4-8(7)12(14)19/h1-6H,(H,13,15)(H,16,17)/b6-5+. The first-order valence-electron chi connectivity index (χ1n) is 5.20. The minimum Gasteiger partial charge on any atom is -0.478 e. The molecule has 0 fully saturated rings. The van der Waals surface area contributed by atoms with Gasteiger partial charge in [-0.1, -0.05) is 12.1 Å². The van der Waals surface area contributed by atoms with Crippen LogP contribution in [0.1, 0.15) is 20.7 Å². The molecule has 1 heterocycles. The van der Waals surface area contributed by atoms with Gasteiger partial charge in [0.25, 0.3) is 17.7 Å². The summed E-state index contributed by atoms with van der Waals surface area (Å²) >= 11 is 0. The van der Waals surface area contributed by atoms with E-state index in [-0.39, 0.29) is 11.1 Å². The van der Waals surface area contributed by atoms with Gasteiger partial charge in [-0.25, -0.2) is 4.79 Å². The van der Waals surface area contributed by atoms with Crippen LogP contribution in [0.3, 0.4) is 0 Å². The van der Waals surface area contributed by atoms with E-state index < -0.39 is 23.7 Å². The fourth-order valence-electron chi connectivity index (χ4n) is 1.59. The van der Waals surface area contributed by atoms with Gasteiger partial charge in [-0.2, -0.15) is 5.01 Å². The first-order chi connectivity index (χ1) is 9.00. The van der Waals surface area contributed by atoms with Crippen molar-refractivity contribution in [2.24, 2.45) is 0 Å². The van der Waals surface area contributed by atoms with E-state index in [1.54, 1.807) is 12.1 Å². The number of carboxylic acid groups (broad SMARTS) is 1. The van der Waals surface area contributed by atoms with Crippen molar-refractivity contribution in [3.05, 3.63) is 47.5 Å². The second-order valence-corrected chi connectivity index (χ2v) is 3.64. The van der Waals surface area contributed by atoms with Crippen LogP contribution in [0.4, 0.5) is 0 Å². The normalized spacial score (nSPS) is 13.8. The van der Waals surface area contributed by atoms with Crippen LogP contribution in [0.5, 0.6) is 0 Å². The largest absolute Gasteiger partial charge is 0.478 e. The number of carboxylic acids is 1. The van der Waals surface area contributed by atoms with E-state index in [9.17, 15) is 19.2 Å². The fourth-order valence-corrected chi connectivity index (χ4v) is 1.59. The summed E-state index contributed by atoms with van der Waals surface area (Å²) in [6.07, 6.45) is 1.32. The zero-order valence-electron chi connectivity index (χ0n) is 9.49. The summed E-state index contributed by atoms with van der Waals surface area (Å²) in [5.41, 5.74) is 2.41. The summed E-state index contributed by atoms with van der Waals surface area (Å²) in [6, 6.07) is 6.13. The van der Waals surface area contributed by atoms with Gasteiger partial charge >= 0.3 is 5.97 Å². The van der Waals surface area contributed by atoms with Crippen molar-refractivity contribution >= 4 is 23.7 Å². The number of hydrogen-bond acceptors (Lipinski definition) is 4. The zero-order valence-corrected chi connectivity index (χ0v) is 9.49. The summed E-state index contributed by atoms with van der Waals surface area (Å²) < 4.78 is 0. The molecule has 0 atom stereocenters. The van der Waals surface area contributed by atoms with E-state index in [1.807, 2.05) is 5.43 Å². The number of aliphatic carboxylic acids is 1. The van der Waals surface area contributed by atoms with Crippen molar-refractivity contribution in [3.8, 4) is 0 Å². The van der Waals surface area contributed by atoms with E-state index in [1.165, 1.54) is 12.1 Å². The molecule has 3 amide bonds. The van der Waals surface area contributed by atoms with E-state index in [0.717, 1.165) is 0 Å².